The predicted octanol–water partition coefficient (Wildman–Crippen LogP) is 5.75. The van der Waals surface area contributed by atoms with Gasteiger partial charge >= 0.3 is 0 Å². The molecule has 8 nitrogen and oxygen atoms in total. The molecule has 3 aliphatic rings. The average Bonchev–Trinajstić information content (AvgIpc) is 2.90. The second-order valence-corrected chi connectivity index (χ2v) is 11.0. The van der Waals surface area contributed by atoms with E-state index < -0.39 is 0 Å². The summed E-state index contributed by atoms with van der Waals surface area (Å²) in [5.41, 5.74) is 4.74. The Morgan fingerprint density at radius 2 is 1.55 bits per heavy atom. The highest BCUT2D eigenvalue weighted by atomic mass is 15.2. The lowest BCUT2D eigenvalue weighted by molar-refractivity contribution is -0.167. The lowest BCUT2D eigenvalue weighted by Crippen LogP contribution is -2.63. The zero-order valence-corrected chi connectivity index (χ0v) is 21.6. The van der Waals surface area contributed by atoms with Gasteiger partial charge in [-0.1, -0.05) is 18.2 Å². The highest BCUT2D eigenvalue weighted by molar-refractivity contribution is 5.59. The molecule has 2 N–H and O–H groups in total. The van der Waals surface area contributed by atoms with Gasteiger partial charge in [-0.3, -0.25) is 4.90 Å². The molecule has 4 aromatic rings. The fourth-order valence-electron chi connectivity index (χ4n) is 6.60. The fraction of sp³-hybridized carbons (Fsp3) is 0.367. The smallest absolute Gasteiger partial charge is 0.229 e. The maximum Gasteiger partial charge on any atom is 0.229 e. The topological polar surface area (TPSA) is 91.8 Å². The molecule has 4 heterocycles. The number of aromatic nitrogens is 5. The number of likely N-dealkylation sites (tertiary alicyclic amines) is 1. The highest BCUT2D eigenvalue weighted by Crippen LogP contribution is 2.65. The van der Waals surface area contributed by atoms with Gasteiger partial charge in [0, 0.05) is 43.4 Å². The third kappa shape index (κ3) is 4.39. The molecule has 3 aromatic heterocycles. The summed E-state index contributed by atoms with van der Waals surface area (Å²) in [4.78, 5) is 25.2. The van der Waals surface area contributed by atoms with Gasteiger partial charge < -0.3 is 10.6 Å². The van der Waals surface area contributed by atoms with Crippen molar-refractivity contribution >= 4 is 23.3 Å². The van der Waals surface area contributed by atoms with E-state index in [2.05, 4.69) is 64.7 Å². The van der Waals surface area contributed by atoms with Crippen LogP contribution in [0.3, 0.4) is 0 Å². The van der Waals surface area contributed by atoms with Crippen LogP contribution >= 0.6 is 0 Å². The lowest BCUT2D eigenvalue weighted by atomic mass is 9.43. The largest absolute Gasteiger partial charge is 0.325 e. The molecule has 7 rings (SSSR count). The van der Waals surface area contributed by atoms with Crippen molar-refractivity contribution in [2.45, 2.75) is 39.2 Å². The van der Waals surface area contributed by atoms with Gasteiger partial charge in [0.15, 0.2) is 5.82 Å². The summed E-state index contributed by atoms with van der Waals surface area (Å²) in [7, 11) is 0. The number of pyridine rings is 1. The van der Waals surface area contributed by atoms with Crippen molar-refractivity contribution in [2.75, 3.05) is 23.7 Å². The van der Waals surface area contributed by atoms with Crippen LogP contribution in [-0.2, 0) is 6.54 Å². The van der Waals surface area contributed by atoms with E-state index in [9.17, 15) is 0 Å². The first kappa shape index (κ1) is 23.2. The second-order valence-electron chi connectivity index (χ2n) is 11.0. The zero-order chi connectivity index (χ0) is 25.5. The van der Waals surface area contributed by atoms with Gasteiger partial charge in [0.05, 0.1) is 0 Å². The third-order valence-electron chi connectivity index (χ3n) is 8.80. The van der Waals surface area contributed by atoms with E-state index in [1.165, 1.54) is 44.3 Å². The van der Waals surface area contributed by atoms with Crippen molar-refractivity contribution in [3.05, 3.63) is 78.2 Å². The Hall–Kier alpha value is -3.91. The number of nitrogens with one attached hydrogen (secondary N) is 2. The Kier molecular flexibility index (Phi) is 5.77. The maximum absolute atomic E-state index is 4.62. The monoisotopic (exact) mass is 504 g/mol. The van der Waals surface area contributed by atoms with Crippen molar-refractivity contribution in [3.63, 3.8) is 0 Å². The predicted molar refractivity (Wildman–Crippen MR) is 148 cm³/mol. The first-order valence-electron chi connectivity index (χ1n) is 13.6. The number of piperidine rings is 1. The molecule has 2 atom stereocenters. The SMILES string of the molecule is Cc1cccc(-c2nccc(Nc3ccnc(Nc4ccc(CN5C[C@@H]6CCC67CC[C@H]7C5)cc4)n3)n2)n1. The molecule has 38 heavy (non-hydrogen) atoms. The lowest BCUT2D eigenvalue weighted by Gasteiger charge is -2.66. The molecule has 0 bridgehead atoms. The summed E-state index contributed by atoms with van der Waals surface area (Å²) in [6.45, 7) is 5.55. The maximum atomic E-state index is 4.62. The molecule has 1 spiro atoms. The molecule has 8 heteroatoms. The van der Waals surface area contributed by atoms with E-state index in [0.29, 0.717) is 23.4 Å². The van der Waals surface area contributed by atoms with Crippen LogP contribution in [0.4, 0.5) is 23.3 Å². The highest BCUT2D eigenvalue weighted by Gasteiger charge is 2.59. The van der Waals surface area contributed by atoms with Gasteiger partial charge in [-0.25, -0.2) is 19.9 Å². The van der Waals surface area contributed by atoms with Crippen LogP contribution in [0.25, 0.3) is 11.5 Å². The molecular formula is C30H32N8. The normalized spacial score (nSPS) is 23.9. The van der Waals surface area contributed by atoms with E-state index in [0.717, 1.165) is 40.9 Å². The van der Waals surface area contributed by atoms with Crippen LogP contribution in [0.15, 0.2) is 67.0 Å². The first-order valence-corrected chi connectivity index (χ1v) is 13.6. The second kappa shape index (κ2) is 9.44. The molecule has 0 unspecified atom stereocenters. The Bertz CT molecular complexity index is 1430. The Balaban J connectivity index is 0.986. The summed E-state index contributed by atoms with van der Waals surface area (Å²) in [6.07, 6.45) is 9.29. The van der Waals surface area contributed by atoms with E-state index in [1.807, 2.05) is 37.3 Å². The van der Waals surface area contributed by atoms with Crippen molar-refractivity contribution in [2.24, 2.45) is 17.3 Å². The number of rotatable bonds is 7. The fourth-order valence-corrected chi connectivity index (χ4v) is 6.60. The van der Waals surface area contributed by atoms with Gasteiger partial charge in [0.1, 0.15) is 17.3 Å². The number of hydrogen-bond acceptors (Lipinski definition) is 8. The van der Waals surface area contributed by atoms with Crippen LogP contribution in [0.2, 0.25) is 0 Å². The molecule has 0 radical (unpaired) electrons. The minimum absolute atomic E-state index is 0.528. The summed E-state index contributed by atoms with van der Waals surface area (Å²) in [5, 5.41) is 6.59. The molecule has 1 aromatic carbocycles. The van der Waals surface area contributed by atoms with Gasteiger partial charge in [-0.15, -0.1) is 0 Å². The minimum atomic E-state index is 0.528. The van der Waals surface area contributed by atoms with E-state index in [4.69, 9.17) is 0 Å². The third-order valence-corrected chi connectivity index (χ3v) is 8.80. The summed E-state index contributed by atoms with van der Waals surface area (Å²) in [5.74, 6) is 4.28. The standard InChI is InChI=1S/C30H32N8/c1-20-3-2-4-25(33-20)28-31-15-11-26(36-28)35-27-12-16-32-29(37-27)34-24-7-5-21(6-8-24)17-38-18-22-9-13-30(22)14-10-23(30)19-38/h2-8,11-12,15-16,22-23H,9-10,13-14,17-19H2,1H3,(H2,31,32,34,35,36,37)/t22-,23-,30?/m0/s1. The number of anilines is 4. The molecule has 192 valence electrons. The van der Waals surface area contributed by atoms with E-state index >= 15 is 0 Å². The van der Waals surface area contributed by atoms with Crippen LogP contribution < -0.4 is 10.6 Å². The summed E-state index contributed by atoms with van der Waals surface area (Å²) >= 11 is 0. The minimum Gasteiger partial charge on any atom is -0.325 e. The van der Waals surface area contributed by atoms with Gasteiger partial charge in [-0.2, -0.15) is 4.98 Å². The molecule has 1 saturated heterocycles. The van der Waals surface area contributed by atoms with Crippen LogP contribution in [0.5, 0.6) is 0 Å². The van der Waals surface area contributed by atoms with Gasteiger partial charge in [-0.05, 0) is 91.8 Å². The quantitative estimate of drug-likeness (QED) is 0.329. The van der Waals surface area contributed by atoms with Crippen LogP contribution in [0.1, 0.15) is 36.9 Å². The number of benzene rings is 1. The van der Waals surface area contributed by atoms with Crippen molar-refractivity contribution in [1.82, 2.24) is 29.8 Å². The zero-order valence-electron chi connectivity index (χ0n) is 21.6. The molecule has 0 amide bonds. The van der Waals surface area contributed by atoms with Gasteiger partial charge in [0.25, 0.3) is 0 Å². The molecule has 2 saturated carbocycles. The first-order chi connectivity index (χ1) is 18.6. The Morgan fingerprint density at radius 3 is 2.26 bits per heavy atom. The molecular weight excluding hydrogens is 472 g/mol. The van der Waals surface area contributed by atoms with Crippen LogP contribution in [-0.4, -0.2) is 42.9 Å². The average molecular weight is 505 g/mol. The number of hydrogen-bond donors (Lipinski definition) is 2. The molecule has 2 aliphatic carbocycles. The molecule has 3 fully saturated rings. The summed E-state index contributed by atoms with van der Waals surface area (Å²) in [6, 6.07) is 18.1. The molecule has 1 aliphatic heterocycles. The number of aryl methyl sites for hydroxylation is 1. The Labute approximate surface area is 223 Å². The van der Waals surface area contributed by atoms with E-state index in [-0.39, 0.29) is 0 Å². The number of nitrogens with zero attached hydrogens (tertiary/aromatic N) is 6. The van der Waals surface area contributed by atoms with Crippen molar-refractivity contribution in [3.8, 4) is 11.5 Å². The van der Waals surface area contributed by atoms with Gasteiger partial charge in [0.2, 0.25) is 5.95 Å². The van der Waals surface area contributed by atoms with Crippen molar-refractivity contribution in [1.29, 1.82) is 0 Å². The van der Waals surface area contributed by atoms with Crippen LogP contribution in [0, 0.1) is 24.2 Å². The Morgan fingerprint density at radius 1 is 0.816 bits per heavy atom. The van der Waals surface area contributed by atoms with E-state index in [1.54, 1.807) is 12.4 Å². The van der Waals surface area contributed by atoms with Crippen molar-refractivity contribution < 1.29 is 0 Å². The summed E-state index contributed by atoms with van der Waals surface area (Å²) < 4.78 is 0.